The fraction of sp³-hybridized carbons (Fsp3) is 0.538. The van der Waals surface area contributed by atoms with Crippen molar-refractivity contribution in [3.63, 3.8) is 0 Å². The Morgan fingerprint density at radius 2 is 1.79 bits per heavy atom. The summed E-state index contributed by atoms with van der Waals surface area (Å²) in [6.07, 6.45) is 1.19. The molecule has 0 nitrogen and oxygen atoms in total. The molecule has 14 heavy (non-hydrogen) atoms. The summed E-state index contributed by atoms with van der Waals surface area (Å²) in [5.41, 5.74) is 2.94. The van der Waals surface area contributed by atoms with Gasteiger partial charge in [-0.3, -0.25) is 0 Å². The first-order valence-electron chi connectivity index (χ1n) is 5.29. The van der Waals surface area contributed by atoms with E-state index < -0.39 is 0 Å². The summed E-state index contributed by atoms with van der Waals surface area (Å²) >= 11 is 2.45. The minimum absolute atomic E-state index is 0.634. The molecule has 78 valence electrons. The quantitative estimate of drug-likeness (QED) is 0.715. The van der Waals surface area contributed by atoms with Gasteiger partial charge in [0, 0.05) is 3.57 Å². The number of rotatable bonds is 3. The second-order valence-corrected chi connectivity index (χ2v) is 5.77. The van der Waals surface area contributed by atoms with Crippen molar-refractivity contribution >= 4 is 22.6 Å². The van der Waals surface area contributed by atoms with Crippen LogP contribution in [-0.4, -0.2) is 0 Å². The summed E-state index contributed by atoms with van der Waals surface area (Å²) in [6, 6.07) is 6.89. The van der Waals surface area contributed by atoms with Gasteiger partial charge in [0.1, 0.15) is 0 Å². The van der Waals surface area contributed by atoms with E-state index in [2.05, 4.69) is 68.5 Å². The van der Waals surface area contributed by atoms with Gasteiger partial charge in [0.25, 0.3) is 0 Å². The van der Waals surface area contributed by atoms with Crippen LogP contribution in [0.15, 0.2) is 18.2 Å². The molecule has 0 amide bonds. The van der Waals surface area contributed by atoms with E-state index in [4.69, 9.17) is 0 Å². The number of halogens is 1. The molecule has 0 aliphatic rings. The Bertz CT molecular complexity index is 300. The van der Waals surface area contributed by atoms with Crippen molar-refractivity contribution < 1.29 is 0 Å². The highest BCUT2D eigenvalue weighted by Gasteiger charge is 2.05. The Morgan fingerprint density at radius 1 is 1.14 bits per heavy atom. The maximum absolute atomic E-state index is 2.45. The highest BCUT2D eigenvalue weighted by atomic mass is 127. The van der Waals surface area contributed by atoms with Crippen molar-refractivity contribution in [3.05, 3.63) is 32.9 Å². The second kappa shape index (κ2) is 5.15. The van der Waals surface area contributed by atoms with E-state index in [1.807, 2.05) is 0 Å². The SMILES string of the molecule is CC(C)Cc1ccc(C(C)C)c(I)c1. The third-order valence-electron chi connectivity index (χ3n) is 2.33. The van der Waals surface area contributed by atoms with Crippen molar-refractivity contribution in [2.45, 2.75) is 40.0 Å². The molecule has 1 aromatic rings. The van der Waals surface area contributed by atoms with Crippen molar-refractivity contribution in [1.29, 1.82) is 0 Å². The van der Waals surface area contributed by atoms with Crippen molar-refractivity contribution in [2.24, 2.45) is 5.92 Å². The lowest BCUT2D eigenvalue weighted by Gasteiger charge is -2.11. The maximum atomic E-state index is 2.45. The van der Waals surface area contributed by atoms with E-state index in [9.17, 15) is 0 Å². The lowest BCUT2D eigenvalue weighted by molar-refractivity contribution is 0.646. The van der Waals surface area contributed by atoms with E-state index in [1.165, 1.54) is 21.1 Å². The predicted molar refractivity (Wildman–Crippen MR) is 71.8 cm³/mol. The van der Waals surface area contributed by atoms with Crippen LogP contribution in [0.1, 0.15) is 44.7 Å². The van der Waals surface area contributed by atoms with E-state index in [1.54, 1.807) is 0 Å². The molecule has 0 N–H and O–H groups in total. The summed E-state index contributed by atoms with van der Waals surface area (Å²) in [7, 11) is 0. The number of hydrogen-bond donors (Lipinski definition) is 0. The predicted octanol–water partition coefficient (Wildman–Crippen LogP) is 4.61. The summed E-state index contributed by atoms with van der Waals surface area (Å²) in [4.78, 5) is 0. The van der Waals surface area contributed by atoms with Gasteiger partial charge in [-0.25, -0.2) is 0 Å². The lowest BCUT2D eigenvalue weighted by Crippen LogP contribution is -1.97. The van der Waals surface area contributed by atoms with Gasteiger partial charge in [-0.05, 0) is 58.0 Å². The smallest absolute Gasteiger partial charge is 0.0167 e. The highest BCUT2D eigenvalue weighted by Crippen LogP contribution is 2.23. The van der Waals surface area contributed by atoms with E-state index in [-0.39, 0.29) is 0 Å². The zero-order valence-electron chi connectivity index (χ0n) is 9.47. The zero-order valence-corrected chi connectivity index (χ0v) is 11.6. The van der Waals surface area contributed by atoms with Crippen LogP contribution in [-0.2, 0) is 6.42 Å². The normalized spacial score (nSPS) is 11.4. The molecule has 0 spiro atoms. The third kappa shape index (κ3) is 3.26. The van der Waals surface area contributed by atoms with Crippen LogP contribution in [0.3, 0.4) is 0 Å². The van der Waals surface area contributed by atoms with Crippen molar-refractivity contribution in [3.8, 4) is 0 Å². The van der Waals surface area contributed by atoms with Gasteiger partial charge in [-0.15, -0.1) is 0 Å². The van der Waals surface area contributed by atoms with E-state index in [0.717, 1.165) is 5.92 Å². The molecule has 0 saturated heterocycles. The minimum atomic E-state index is 0.634. The molecule has 1 rings (SSSR count). The molecule has 1 heteroatoms. The zero-order chi connectivity index (χ0) is 10.7. The monoisotopic (exact) mass is 302 g/mol. The maximum Gasteiger partial charge on any atom is 0.0167 e. The second-order valence-electron chi connectivity index (χ2n) is 4.61. The van der Waals surface area contributed by atoms with Crippen LogP contribution < -0.4 is 0 Å². The molecule has 0 fully saturated rings. The lowest BCUT2D eigenvalue weighted by atomic mass is 9.98. The van der Waals surface area contributed by atoms with Gasteiger partial charge in [0.15, 0.2) is 0 Å². The van der Waals surface area contributed by atoms with E-state index in [0.29, 0.717) is 5.92 Å². The first kappa shape index (κ1) is 12.0. The molecule has 0 aliphatic carbocycles. The van der Waals surface area contributed by atoms with Crippen molar-refractivity contribution in [2.75, 3.05) is 0 Å². The van der Waals surface area contributed by atoms with Gasteiger partial charge in [-0.1, -0.05) is 39.8 Å². The van der Waals surface area contributed by atoms with Crippen LogP contribution >= 0.6 is 22.6 Å². The standard InChI is InChI=1S/C13H19I/c1-9(2)7-11-5-6-12(10(3)4)13(14)8-11/h5-6,8-10H,7H2,1-4H3. The third-order valence-corrected chi connectivity index (χ3v) is 3.27. The van der Waals surface area contributed by atoms with Gasteiger partial charge < -0.3 is 0 Å². The molecule has 0 bridgehead atoms. The van der Waals surface area contributed by atoms with Crippen LogP contribution in [0.5, 0.6) is 0 Å². The van der Waals surface area contributed by atoms with Crippen molar-refractivity contribution in [1.82, 2.24) is 0 Å². The summed E-state index contributed by atoms with van der Waals surface area (Å²) in [6.45, 7) is 9.03. The Kier molecular flexibility index (Phi) is 4.42. The molecule has 0 radical (unpaired) electrons. The Morgan fingerprint density at radius 3 is 2.21 bits per heavy atom. The number of benzene rings is 1. The number of hydrogen-bond acceptors (Lipinski definition) is 0. The van der Waals surface area contributed by atoms with Crippen LogP contribution in [0.25, 0.3) is 0 Å². The summed E-state index contributed by atoms with van der Waals surface area (Å²) < 4.78 is 1.41. The molecule has 0 saturated carbocycles. The fourth-order valence-electron chi connectivity index (χ4n) is 1.64. The molecular formula is C13H19I. The Balaban J connectivity index is 2.89. The topological polar surface area (TPSA) is 0 Å². The summed E-state index contributed by atoms with van der Waals surface area (Å²) in [5, 5.41) is 0. The largest absolute Gasteiger partial charge is 0.0625 e. The highest BCUT2D eigenvalue weighted by molar-refractivity contribution is 14.1. The fourth-order valence-corrected chi connectivity index (χ4v) is 2.84. The van der Waals surface area contributed by atoms with E-state index >= 15 is 0 Å². The average molecular weight is 302 g/mol. The first-order chi connectivity index (χ1) is 6.50. The van der Waals surface area contributed by atoms with Crippen LogP contribution in [0.4, 0.5) is 0 Å². The molecule has 0 atom stereocenters. The molecule has 0 aromatic heterocycles. The summed E-state index contributed by atoms with van der Waals surface area (Å²) in [5.74, 6) is 1.38. The van der Waals surface area contributed by atoms with Gasteiger partial charge in [0.2, 0.25) is 0 Å². The Hall–Kier alpha value is -0.0500. The first-order valence-corrected chi connectivity index (χ1v) is 6.37. The molecule has 0 heterocycles. The van der Waals surface area contributed by atoms with Gasteiger partial charge in [0.05, 0.1) is 0 Å². The average Bonchev–Trinajstić information content (AvgIpc) is 2.01. The van der Waals surface area contributed by atoms with Gasteiger partial charge >= 0.3 is 0 Å². The van der Waals surface area contributed by atoms with Crippen LogP contribution in [0.2, 0.25) is 0 Å². The molecule has 0 unspecified atom stereocenters. The van der Waals surface area contributed by atoms with Gasteiger partial charge in [-0.2, -0.15) is 0 Å². The molecular weight excluding hydrogens is 283 g/mol. The molecule has 0 aliphatic heterocycles. The molecule has 1 aromatic carbocycles. The van der Waals surface area contributed by atoms with Crippen LogP contribution in [0, 0.1) is 9.49 Å². The minimum Gasteiger partial charge on any atom is -0.0625 e. The Labute approximate surface area is 101 Å².